The summed E-state index contributed by atoms with van der Waals surface area (Å²) >= 11 is 0. The predicted molar refractivity (Wildman–Crippen MR) is 56.8 cm³/mol. The smallest absolute Gasteiger partial charge is 0.293 e. The molecule has 3 heteroatoms. The molecule has 0 aliphatic rings. The summed E-state index contributed by atoms with van der Waals surface area (Å²) in [6.45, 7) is 0. The van der Waals surface area contributed by atoms with Gasteiger partial charge in [-0.25, -0.2) is 0 Å². The lowest BCUT2D eigenvalue weighted by molar-refractivity contribution is -0.112. The molecule has 0 unspecified atom stereocenters. The van der Waals surface area contributed by atoms with Crippen LogP contribution in [0.2, 0.25) is 0 Å². The Hall–Kier alpha value is -1.95. The zero-order valence-corrected chi connectivity index (χ0v) is 8.24. The van der Waals surface area contributed by atoms with E-state index in [1.54, 1.807) is 0 Å². The summed E-state index contributed by atoms with van der Waals surface area (Å²) in [6.07, 6.45) is 0. The van der Waals surface area contributed by atoms with E-state index in [2.05, 4.69) is 11.8 Å². The van der Waals surface area contributed by atoms with Crippen LogP contribution in [0.15, 0.2) is 24.3 Å². The fraction of sp³-hybridized carbons (Fsp3) is 0.182. The van der Waals surface area contributed by atoms with Crippen molar-refractivity contribution in [3.05, 3.63) is 29.8 Å². The lowest BCUT2D eigenvalue weighted by Gasteiger charge is -2.13. The lowest BCUT2D eigenvalue weighted by Crippen LogP contribution is -2.10. The molecular weight excluding hydrogens is 176 g/mol. The van der Waals surface area contributed by atoms with Gasteiger partial charge in [-0.1, -0.05) is 18.1 Å². The number of anilines is 1. The first-order chi connectivity index (χ1) is 6.61. The van der Waals surface area contributed by atoms with Crippen molar-refractivity contribution in [2.45, 2.75) is 0 Å². The number of amides is 1. The number of nitrogens with zero attached hydrogens (tertiary/aromatic N) is 1. The van der Waals surface area contributed by atoms with Gasteiger partial charge in [-0.2, -0.15) is 0 Å². The molecular formula is C11H12N2O. The van der Waals surface area contributed by atoms with Gasteiger partial charge in [0.05, 0.1) is 5.69 Å². The average Bonchev–Trinajstić information content (AvgIpc) is 2.15. The summed E-state index contributed by atoms with van der Waals surface area (Å²) in [5.74, 6) is 4.43. The third kappa shape index (κ3) is 2.53. The average molecular weight is 188 g/mol. The van der Waals surface area contributed by atoms with E-state index in [0.717, 1.165) is 11.3 Å². The SMILES string of the molecule is CN(C)c1ccccc1C#CC(N)=O. The maximum absolute atomic E-state index is 10.5. The van der Waals surface area contributed by atoms with Crippen LogP contribution >= 0.6 is 0 Å². The summed E-state index contributed by atoms with van der Waals surface area (Å²) in [4.78, 5) is 12.4. The largest absolute Gasteiger partial charge is 0.377 e. The molecule has 1 amide bonds. The standard InChI is InChI=1S/C11H12N2O/c1-13(2)10-6-4-3-5-9(10)7-8-11(12)14/h3-6H,1-2H3,(H2,12,14). The molecule has 1 aromatic rings. The van der Waals surface area contributed by atoms with Gasteiger partial charge < -0.3 is 10.6 Å². The molecule has 1 rings (SSSR count). The van der Waals surface area contributed by atoms with E-state index in [9.17, 15) is 4.79 Å². The van der Waals surface area contributed by atoms with Crippen molar-refractivity contribution in [3.63, 3.8) is 0 Å². The Morgan fingerprint density at radius 3 is 2.57 bits per heavy atom. The van der Waals surface area contributed by atoms with Crippen molar-refractivity contribution in [3.8, 4) is 11.8 Å². The van der Waals surface area contributed by atoms with E-state index in [-0.39, 0.29) is 0 Å². The van der Waals surface area contributed by atoms with Gasteiger partial charge in [0.2, 0.25) is 0 Å². The van der Waals surface area contributed by atoms with Crippen LogP contribution in [-0.4, -0.2) is 20.0 Å². The molecule has 0 radical (unpaired) electrons. The molecule has 0 heterocycles. The highest BCUT2D eigenvalue weighted by molar-refractivity contribution is 5.92. The van der Waals surface area contributed by atoms with Crippen LogP contribution in [0.5, 0.6) is 0 Å². The Bertz CT molecular complexity index is 399. The van der Waals surface area contributed by atoms with Gasteiger partial charge in [0.25, 0.3) is 5.91 Å². The van der Waals surface area contributed by atoms with E-state index < -0.39 is 5.91 Å². The molecule has 2 N–H and O–H groups in total. The highest BCUT2D eigenvalue weighted by atomic mass is 16.1. The Kier molecular flexibility index (Phi) is 3.14. The molecule has 0 saturated heterocycles. The van der Waals surface area contributed by atoms with Crippen molar-refractivity contribution in [2.75, 3.05) is 19.0 Å². The summed E-state index contributed by atoms with van der Waals surface area (Å²) < 4.78 is 0. The second-order valence-electron chi connectivity index (χ2n) is 3.03. The number of hydrogen-bond acceptors (Lipinski definition) is 2. The molecule has 0 aliphatic heterocycles. The molecule has 0 aliphatic carbocycles. The minimum atomic E-state index is -0.612. The summed E-state index contributed by atoms with van der Waals surface area (Å²) in [6, 6.07) is 7.58. The second kappa shape index (κ2) is 4.33. The monoisotopic (exact) mass is 188 g/mol. The Balaban J connectivity index is 3.10. The lowest BCUT2D eigenvalue weighted by atomic mass is 10.1. The Labute approximate surface area is 83.5 Å². The van der Waals surface area contributed by atoms with Crippen molar-refractivity contribution in [1.82, 2.24) is 0 Å². The topological polar surface area (TPSA) is 46.3 Å². The summed E-state index contributed by atoms with van der Waals surface area (Å²) in [5, 5.41) is 0. The van der Waals surface area contributed by atoms with Gasteiger partial charge in [-0.15, -0.1) is 0 Å². The molecule has 0 atom stereocenters. The molecule has 3 nitrogen and oxygen atoms in total. The third-order valence-electron chi connectivity index (χ3n) is 1.71. The molecule has 0 fully saturated rings. The van der Waals surface area contributed by atoms with Gasteiger partial charge in [0.15, 0.2) is 0 Å². The van der Waals surface area contributed by atoms with Crippen LogP contribution in [-0.2, 0) is 4.79 Å². The number of para-hydroxylation sites is 1. The van der Waals surface area contributed by atoms with Gasteiger partial charge in [-0.05, 0) is 12.1 Å². The number of benzene rings is 1. The van der Waals surface area contributed by atoms with Crippen molar-refractivity contribution < 1.29 is 4.79 Å². The zero-order valence-electron chi connectivity index (χ0n) is 8.24. The number of nitrogens with two attached hydrogens (primary N) is 1. The molecule has 0 saturated carbocycles. The van der Waals surface area contributed by atoms with Gasteiger partial charge in [-0.3, -0.25) is 4.79 Å². The number of rotatable bonds is 1. The van der Waals surface area contributed by atoms with Gasteiger partial charge in [0.1, 0.15) is 0 Å². The minimum Gasteiger partial charge on any atom is -0.377 e. The maximum Gasteiger partial charge on any atom is 0.293 e. The Morgan fingerprint density at radius 2 is 2.00 bits per heavy atom. The van der Waals surface area contributed by atoms with Crippen LogP contribution in [0.25, 0.3) is 0 Å². The highest BCUT2D eigenvalue weighted by Gasteiger charge is 1.99. The van der Waals surface area contributed by atoms with Crippen LogP contribution in [0.4, 0.5) is 5.69 Å². The van der Waals surface area contributed by atoms with Gasteiger partial charge >= 0.3 is 0 Å². The Morgan fingerprint density at radius 1 is 1.36 bits per heavy atom. The summed E-state index contributed by atoms with van der Waals surface area (Å²) in [7, 11) is 3.84. The first-order valence-corrected chi connectivity index (χ1v) is 4.19. The van der Waals surface area contributed by atoms with Crippen molar-refractivity contribution in [2.24, 2.45) is 5.73 Å². The van der Waals surface area contributed by atoms with Crippen molar-refractivity contribution in [1.29, 1.82) is 0 Å². The highest BCUT2D eigenvalue weighted by Crippen LogP contribution is 2.15. The first-order valence-electron chi connectivity index (χ1n) is 4.19. The van der Waals surface area contributed by atoms with Gasteiger partial charge in [0, 0.05) is 25.6 Å². The zero-order chi connectivity index (χ0) is 10.6. The quantitative estimate of drug-likeness (QED) is 0.656. The molecule has 14 heavy (non-hydrogen) atoms. The molecule has 0 aromatic heterocycles. The third-order valence-corrected chi connectivity index (χ3v) is 1.71. The number of primary amides is 1. The van der Waals surface area contributed by atoms with Crippen LogP contribution in [0, 0.1) is 11.8 Å². The minimum absolute atomic E-state index is 0.612. The number of carbonyl (C=O) groups excluding carboxylic acids is 1. The summed E-state index contributed by atoms with van der Waals surface area (Å²) in [5.41, 5.74) is 6.72. The number of carbonyl (C=O) groups is 1. The second-order valence-corrected chi connectivity index (χ2v) is 3.03. The van der Waals surface area contributed by atoms with Crippen LogP contribution < -0.4 is 10.6 Å². The van der Waals surface area contributed by atoms with Crippen LogP contribution in [0.3, 0.4) is 0 Å². The van der Waals surface area contributed by atoms with E-state index in [0.29, 0.717) is 0 Å². The van der Waals surface area contributed by atoms with E-state index in [1.165, 1.54) is 0 Å². The van der Waals surface area contributed by atoms with Crippen LogP contribution in [0.1, 0.15) is 5.56 Å². The predicted octanol–water partition coefficient (Wildman–Crippen LogP) is 0.589. The van der Waals surface area contributed by atoms with E-state index in [1.807, 2.05) is 43.3 Å². The fourth-order valence-electron chi connectivity index (χ4n) is 1.10. The molecule has 1 aromatic carbocycles. The molecule has 0 spiro atoms. The number of hydrogen-bond donors (Lipinski definition) is 1. The first kappa shape index (κ1) is 10.1. The van der Waals surface area contributed by atoms with Crippen molar-refractivity contribution >= 4 is 11.6 Å². The molecule has 0 bridgehead atoms. The maximum atomic E-state index is 10.5. The van der Waals surface area contributed by atoms with E-state index in [4.69, 9.17) is 5.73 Å². The van der Waals surface area contributed by atoms with E-state index >= 15 is 0 Å². The fourth-order valence-corrected chi connectivity index (χ4v) is 1.10. The normalized spacial score (nSPS) is 8.71. The molecule has 72 valence electrons.